The van der Waals surface area contributed by atoms with Crippen molar-refractivity contribution in [2.45, 2.75) is 20.3 Å². The van der Waals surface area contributed by atoms with Crippen molar-refractivity contribution >= 4 is 67.6 Å². The predicted octanol–water partition coefficient (Wildman–Crippen LogP) is 12.7. The van der Waals surface area contributed by atoms with Crippen LogP contribution in [-0.4, -0.2) is 6.71 Å². The highest BCUT2D eigenvalue weighted by molar-refractivity contribution is 6.98. The number of hydrogen-bond acceptors (Lipinski definition) is 0. The van der Waals surface area contributed by atoms with Crippen LogP contribution in [0.1, 0.15) is 28.7 Å². The maximum atomic E-state index is 2.49. The van der Waals surface area contributed by atoms with Crippen molar-refractivity contribution in [3.8, 4) is 33.4 Å². The Bertz CT molecular complexity index is 2940. The minimum Gasteiger partial charge on any atom is -0.0801 e. The van der Waals surface area contributed by atoms with Crippen LogP contribution in [0, 0.1) is 13.8 Å². The highest BCUT2D eigenvalue weighted by Crippen LogP contribution is 2.43. The Labute approximate surface area is 330 Å². The molecule has 0 amide bonds. The molecule has 0 atom stereocenters. The van der Waals surface area contributed by atoms with E-state index in [0.29, 0.717) is 0 Å². The molecular formula is C55H41B. The summed E-state index contributed by atoms with van der Waals surface area (Å²) in [6.45, 7) is 4.60. The van der Waals surface area contributed by atoms with Crippen molar-refractivity contribution in [3.05, 3.63) is 210 Å². The summed E-state index contributed by atoms with van der Waals surface area (Å²) < 4.78 is 0. The van der Waals surface area contributed by atoms with Gasteiger partial charge in [0.25, 0.3) is 0 Å². The van der Waals surface area contributed by atoms with E-state index in [0.717, 1.165) is 6.42 Å². The summed E-state index contributed by atoms with van der Waals surface area (Å²) in [5, 5.41) is 7.64. The van der Waals surface area contributed by atoms with Crippen LogP contribution in [0.15, 0.2) is 188 Å². The van der Waals surface area contributed by atoms with Crippen LogP contribution in [0.2, 0.25) is 0 Å². The van der Waals surface area contributed by atoms with E-state index in [-0.39, 0.29) is 6.71 Å². The quantitative estimate of drug-likeness (QED) is 0.119. The largest absolute Gasteiger partial charge is 0.243 e. The Morgan fingerprint density at radius 2 is 0.929 bits per heavy atom. The van der Waals surface area contributed by atoms with E-state index in [9.17, 15) is 0 Å². The van der Waals surface area contributed by atoms with E-state index in [1.165, 1.54) is 104 Å². The Balaban J connectivity index is 1.22. The van der Waals surface area contributed by atoms with Gasteiger partial charge in [-0.05, 0) is 97.1 Å². The fourth-order valence-corrected chi connectivity index (χ4v) is 9.29. The van der Waals surface area contributed by atoms with Gasteiger partial charge in [-0.2, -0.15) is 0 Å². The Hall–Kier alpha value is -6.70. The third-order valence-electron chi connectivity index (χ3n) is 11.9. The normalized spacial score (nSPS) is 12.2. The average molecular weight is 713 g/mol. The monoisotopic (exact) mass is 712 g/mol. The predicted molar refractivity (Wildman–Crippen MR) is 245 cm³/mol. The van der Waals surface area contributed by atoms with E-state index in [1.807, 2.05) is 0 Å². The van der Waals surface area contributed by atoms with Gasteiger partial charge >= 0.3 is 0 Å². The third kappa shape index (κ3) is 5.79. The third-order valence-corrected chi connectivity index (χ3v) is 11.9. The summed E-state index contributed by atoms with van der Waals surface area (Å²) in [4.78, 5) is 0. The van der Waals surface area contributed by atoms with Crippen LogP contribution in [0.3, 0.4) is 0 Å². The number of aryl methyl sites for hydroxylation is 2. The van der Waals surface area contributed by atoms with Gasteiger partial charge < -0.3 is 0 Å². The lowest BCUT2D eigenvalue weighted by atomic mass is 9.34. The molecule has 0 aromatic heterocycles. The van der Waals surface area contributed by atoms with Gasteiger partial charge in [0.1, 0.15) is 0 Å². The lowest BCUT2D eigenvalue weighted by Gasteiger charge is -2.25. The molecule has 1 aliphatic rings. The number of fused-ring (bicyclic) bond motifs is 4. The molecule has 1 heteroatoms. The van der Waals surface area contributed by atoms with Gasteiger partial charge in [0.15, 0.2) is 0 Å². The first kappa shape index (κ1) is 33.8. The zero-order chi connectivity index (χ0) is 37.6. The van der Waals surface area contributed by atoms with Gasteiger partial charge in [-0.15, -0.1) is 0 Å². The first-order chi connectivity index (χ1) is 27.6. The molecule has 0 nitrogen and oxygen atoms in total. The number of allylic oxidation sites excluding steroid dienone is 2. The molecule has 0 fully saturated rings. The summed E-state index contributed by atoms with van der Waals surface area (Å²) in [5.41, 5.74) is 16.8. The number of benzene rings is 9. The van der Waals surface area contributed by atoms with Crippen LogP contribution in [0.4, 0.5) is 0 Å². The molecule has 0 aliphatic heterocycles. The molecule has 0 heterocycles. The van der Waals surface area contributed by atoms with Crippen molar-refractivity contribution in [1.29, 1.82) is 0 Å². The Kier molecular flexibility index (Phi) is 8.57. The van der Waals surface area contributed by atoms with Crippen molar-refractivity contribution in [2.75, 3.05) is 0 Å². The van der Waals surface area contributed by atoms with Crippen LogP contribution < -0.4 is 16.4 Å². The fraction of sp³-hybridized carbons (Fsp3) is 0.0545. The molecule has 0 radical (unpaired) electrons. The van der Waals surface area contributed by atoms with Crippen LogP contribution in [0.25, 0.3) is 77.9 Å². The van der Waals surface area contributed by atoms with E-state index in [4.69, 9.17) is 0 Å². The first-order valence-corrected chi connectivity index (χ1v) is 19.8. The fourth-order valence-electron chi connectivity index (χ4n) is 9.29. The highest BCUT2D eigenvalue weighted by Gasteiger charge is 2.30. The summed E-state index contributed by atoms with van der Waals surface area (Å²) in [5.74, 6) is 0. The summed E-state index contributed by atoms with van der Waals surface area (Å²) >= 11 is 0. The molecule has 9 aromatic carbocycles. The van der Waals surface area contributed by atoms with Gasteiger partial charge in [-0.1, -0.05) is 228 Å². The molecule has 0 saturated heterocycles. The molecule has 0 N–H and O–H groups in total. The van der Waals surface area contributed by atoms with Gasteiger partial charge in [0.2, 0.25) is 6.71 Å². The summed E-state index contributed by atoms with van der Waals surface area (Å²) in [7, 11) is 0. The molecule has 56 heavy (non-hydrogen) atoms. The van der Waals surface area contributed by atoms with Gasteiger partial charge in [0.05, 0.1) is 0 Å². The smallest absolute Gasteiger partial charge is 0.0801 e. The first-order valence-electron chi connectivity index (χ1n) is 19.8. The zero-order valence-electron chi connectivity index (χ0n) is 31.8. The topological polar surface area (TPSA) is 0 Å². The van der Waals surface area contributed by atoms with Crippen molar-refractivity contribution in [2.24, 2.45) is 0 Å². The number of hydrogen-bond donors (Lipinski definition) is 0. The average Bonchev–Trinajstić information content (AvgIpc) is 3.50. The summed E-state index contributed by atoms with van der Waals surface area (Å²) in [6, 6.07) is 65.3. The molecule has 0 saturated carbocycles. The Morgan fingerprint density at radius 3 is 1.64 bits per heavy atom. The second kappa shape index (κ2) is 14.2. The standard InChI is InChI=1S/C55H41B/c1-37-28-30-41-18-7-4-8-22-46(41)54(37)56(55-38(2)29-31-42-19-9-10-23-47(42)55)45-21-15-20-44(36-45)53-50-26-13-11-24-48(50)52(49-25-12-14-27-51(49)53)43-34-32-40(33-35-43)39-16-5-3-6-17-39/h3,5-36H,4H2,1-2H3. The van der Waals surface area contributed by atoms with Crippen LogP contribution >= 0.6 is 0 Å². The lowest BCUT2D eigenvalue weighted by Crippen LogP contribution is -2.55. The summed E-state index contributed by atoms with van der Waals surface area (Å²) in [6.07, 6.45) is 10.2. The highest BCUT2D eigenvalue weighted by atomic mass is 14.2. The van der Waals surface area contributed by atoms with E-state index < -0.39 is 0 Å². The SMILES string of the molecule is Cc1ccc2c(c1B(c1cccc(-c3c4ccccc4c(-c4ccc(-c5ccccc5)cc4)c4ccccc34)c1)c1c(C)ccc3ccccc13)C=CCC=C2. The minimum atomic E-state index is 0.0204. The van der Waals surface area contributed by atoms with E-state index >= 15 is 0 Å². The molecule has 0 spiro atoms. The van der Waals surface area contributed by atoms with Crippen LogP contribution in [-0.2, 0) is 0 Å². The van der Waals surface area contributed by atoms with Crippen molar-refractivity contribution in [1.82, 2.24) is 0 Å². The second-order valence-electron chi connectivity index (χ2n) is 15.2. The molecule has 9 aromatic rings. The molecule has 0 unspecified atom stereocenters. The molecule has 10 rings (SSSR count). The number of rotatable bonds is 6. The molecular weight excluding hydrogens is 671 g/mol. The maximum absolute atomic E-state index is 2.49. The molecule has 1 aliphatic carbocycles. The van der Waals surface area contributed by atoms with Gasteiger partial charge in [-0.3, -0.25) is 0 Å². The molecule has 0 bridgehead atoms. The molecule has 264 valence electrons. The Morgan fingerprint density at radius 1 is 0.393 bits per heavy atom. The minimum absolute atomic E-state index is 0.0204. The van der Waals surface area contributed by atoms with Gasteiger partial charge in [-0.25, -0.2) is 0 Å². The maximum Gasteiger partial charge on any atom is 0.243 e. The van der Waals surface area contributed by atoms with Gasteiger partial charge in [0, 0.05) is 0 Å². The van der Waals surface area contributed by atoms with E-state index in [1.54, 1.807) is 0 Å². The van der Waals surface area contributed by atoms with Crippen molar-refractivity contribution in [3.63, 3.8) is 0 Å². The second-order valence-corrected chi connectivity index (χ2v) is 15.2. The van der Waals surface area contributed by atoms with Crippen LogP contribution in [0.5, 0.6) is 0 Å². The zero-order valence-corrected chi connectivity index (χ0v) is 31.8. The lowest BCUT2D eigenvalue weighted by molar-refractivity contribution is 1.44. The van der Waals surface area contributed by atoms with Crippen molar-refractivity contribution < 1.29 is 0 Å². The van der Waals surface area contributed by atoms with E-state index in [2.05, 4.69) is 214 Å².